The first-order valence-corrected chi connectivity index (χ1v) is 9.89. The van der Waals surface area contributed by atoms with Crippen LogP contribution in [0.4, 0.5) is 5.69 Å². The van der Waals surface area contributed by atoms with Gasteiger partial charge in [0.05, 0.1) is 5.69 Å². The lowest BCUT2D eigenvalue weighted by atomic mass is 10.2. The Balaban J connectivity index is 0.00000300. The lowest BCUT2D eigenvalue weighted by molar-refractivity contribution is -0.129. The van der Waals surface area contributed by atoms with Crippen molar-refractivity contribution in [2.24, 2.45) is 4.99 Å². The smallest absolute Gasteiger partial charge is 0.265 e. The summed E-state index contributed by atoms with van der Waals surface area (Å²) in [5.41, 5.74) is 0.827. The van der Waals surface area contributed by atoms with Gasteiger partial charge in [0.2, 0.25) is 5.91 Å². The van der Waals surface area contributed by atoms with Crippen LogP contribution in [0.5, 0.6) is 5.75 Å². The van der Waals surface area contributed by atoms with Crippen molar-refractivity contribution < 1.29 is 14.3 Å². The van der Waals surface area contributed by atoms with E-state index in [1.165, 1.54) is 0 Å². The van der Waals surface area contributed by atoms with Crippen molar-refractivity contribution in [2.75, 3.05) is 44.7 Å². The first-order chi connectivity index (χ1) is 13.6. The fourth-order valence-corrected chi connectivity index (χ4v) is 3.56. The van der Waals surface area contributed by atoms with Gasteiger partial charge in [-0.05, 0) is 25.0 Å². The van der Waals surface area contributed by atoms with E-state index in [2.05, 4.69) is 15.6 Å². The number of hydrogen-bond donors (Lipinski definition) is 2. The standard InChI is InChI=1S/C20H29N5O3.HI/c1-3-18(26)24-12-9-15(13-24)23-20(21-2)22-10-6-11-25-16-7-4-5-8-17(16)28-14-19(25)27;/h4-5,7-8,15H,3,6,9-14H2,1-2H3,(H2,21,22,23);1H. The number of nitrogens with zero attached hydrogens (tertiary/aromatic N) is 3. The van der Waals surface area contributed by atoms with E-state index < -0.39 is 0 Å². The van der Waals surface area contributed by atoms with Crippen molar-refractivity contribution in [2.45, 2.75) is 32.2 Å². The molecule has 1 saturated heterocycles. The van der Waals surface area contributed by atoms with Gasteiger partial charge in [-0.1, -0.05) is 19.1 Å². The molecule has 1 unspecified atom stereocenters. The quantitative estimate of drug-likeness (QED) is 0.260. The molecule has 1 aromatic rings. The minimum absolute atomic E-state index is 0. The van der Waals surface area contributed by atoms with Crippen LogP contribution in [0.25, 0.3) is 0 Å². The normalized spacial score (nSPS) is 18.6. The first kappa shape index (κ1) is 23.2. The summed E-state index contributed by atoms with van der Waals surface area (Å²) in [6.45, 7) is 4.79. The number of fused-ring (bicyclic) bond motifs is 1. The molecule has 2 amide bonds. The molecule has 1 atom stereocenters. The average molecular weight is 515 g/mol. The molecule has 29 heavy (non-hydrogen) atoms. The third-order valence-electron chi connectivity index (χ3n) is 5.07. The highest BCUT2D eigenvalue weighted by atomic mass is 127. The summed E-state index contributed by atoms with van der Waals surface area (Å²) in [5.74, 6) is 1.65. The number of carbonyl (C=O) groups is 2. The van der Waals surface area contributed by atoms with Crippen LogP contribution in [0.2, 0.25) is 0 Å². The second-order valence-electron chi connectivity index (χ2n) is 6.98. The molecule has 0 saturated carbocycles. The van der Waals surface area contributed by atoms with Crippen molar-refractivity contribution in [1.82, 2.24) is 15.5 Å². The van der Waals surface area contributed by atoms with E-state index in [0.717, 1.165) is 36.8 Å². The number of hydrogen-bond acceptors (Lipinski definition) is 4. The van der Waals surface area contributed by atoms with Crippen LogP contribution in [-0.2, 0) is 9.59 Å². The van der Waals surface area contributed by atoms with Gasteiger partial charge in [-0.15, -0.1) is 24.0 Å². The fraction of sp³-hybridized carbons (Fsp3) is 0.550. The highest BCUT2D eigenvalue weighted by molar-refractivity contribution is 14.0. The number of benzene rings is 1. The number of aliphatic imine (C=N–C) groups is 1. The second kappa shape index (κ2) is 11.2. The fourth-order valence-electron chi connectivity index (χ4n) is 3.56. The third-order valence-corrected chi connectivity index (χ3v) is 5.07. The summed E-state index contributed by atoms with van der Waals surface area (Å²) in [6, 6.07) is 7.82. The molecule has 2 aliphatic heterocycles. The van der Waals surface area contributed by atoms with Crippen LogP contribution in [0.15, 0.2) is 29.3 Å². The van der Waals surface area contributed by atoms with Gasteiger partial charge >= 0.3 is 0 Å². The topological polar surface area (TPSA) is 86.3 Å². The number of anilines is 1. The summed E-state index contributed by atoms with van der Waals surface area (Å²) in [6.07, 6.45) is 2.25. The summed E-state index contributed by atoms with van der Waals surface area (Å²) in [7, 11) is 1.74. The molecule has 0 spiro atoms. The molecule has 0 bridgehead atoms. The Morgan fingerprint density at radius 1 is 1.34 bits per heavy atom. The molecule has 3 rings (SSSR count). The molecule has 2 aliphatic rings. The van der Waals surface area contributed by atoms with Gasteiger partial charge in [0.25, 0.3) is 5.91 Å². The monoisotopic (exact) mass is 515 g/mol. The second-order valence-corrected chi connectivity index (χ2v) is 6.98. The van der Waals surface area contributed by atoms with Crippen LogP contribution in [0.1, 0.15) is 26.2 Å². The lowest BCUT2D eigenvalue weighted by Crippen LogP contribution is -2.46. The molecule has 8 nitrogen and oxygen atoms in total. The van der Waals surface area contributed by atoms with E-state index >= 15 is 0 Å². The molecule has 0 aromatic heterocycles. The number of amides is 2. The maximum absolute atomic E-state index is 12.2. The molecule has 9 heteroatoms. The Labute approximate surface area is 189 Å². The number of ether oxygens (including phenoxy) is 1. The zero-order valence-electron chi connectivity index (χ0n) is 17.0. The zero-order valence-corrected chi connectivity index (χ0v) is 19.3. The summed E-state index contributed by atoms with van der Waals surface area (Å²) in [4.78, 5) is 31.9. The molecular formula is C20H30IN5O3. The van der Waals surface area contributed by atoms with E-state index in [0.29, 0.717) is 26.1 Å². The summed E-state index contributed by atoms with van der Waals surface area (Å²) < 4.78 is 5.47. The average Bonchev–Trinajstić information content (AvgIpc) is 3.19. The molecule has 2 heterocycles. The molecule has 0 radical (unpaired) electrons. The van der Waals surface area contributed by atoms with E-state index in [1.54, 1.807) is 11.9 Å². The van der Waals surface area contributed by atoms with Gasteiger partial charge in [0.15, 0.2) is 12.6 Å². The Kier molecular flexibility index (Phi) is 8.99. The Bertz CT molecular complexity index is 743. The molecule has 0 aliphatic carbocycles. The SMILES string of the molecule is CCC(=O)N1CCC(NC(=NC)NCCCN2C(=O)COc3ccccc32)C1.I. The van der Waals surface area contributed by atoms with Gasteiger partial charge in [-0.2, -0.15) is 0 Å². The number of likely N-dealkylation sites (tertiary alicyclic amines) is 1. The van der Waals surface area contributed by atoms with Crippen LogP contribution >= 0.6 is 24.0 Å². The van der Waals surface area contributed by atoms with E-state index in [-0.39, 0.29) is 48.4 Å². The van der Waals surface area contributed by atoms with Crippen LogP contribution in [-0.4, -0.2) is 68.5 Å². The highest BCUT2D eigenvalue weighted by Gasteiger charge is 2.26. The summed E-state index contributed by atoms with van der Waals surface area (Å²) in [5, 5.41) is 6.68. The van der Waals surface area contributed by atoms with Crippen molar-refractivity contribution in [3.63, 3.8) is 0 Å². The maximum Gasteiger partial charge on any atom is 0.265 e. The largest absolute Gasteiger partial charge is 0.482 e. The first-order valence-electron chi connectivity index (χ1n) is 9.89. The minimum atomic E-state index is -0.0205. The number of rotatable bonds is 6. The molecule has 1 aromatic carbocycles. The number of carbonyl (C=O) groups excluding carboxylic acids is 2. The Morgan fingerprint density at radius 3 is 2.90 bits per heavy atom. The van der Waals surface area contributed by atoms with Crippen molar-refractivity contribution in [3.05, 3.63) is 24.3 Å². The van der Waals surface area contributed by atoms with Gasteiger partial charge in [0.1, 0.15) is 5.75 Å². The van der Waals surface area contributed by atoms with Gasteiger partial charge in [-0.25, -0.2) is 0 Å². The van der Waals surface area contributed by atoms with Crippen LogP contribution in [0.3, 0.4) is 0 Å². The van der Waals surface area contributed by atoms with Crippen molar-refractivity contribution in [1.29, 1.82) is 0 Å². The van der Waals surface area contributed by atoms with E-state index in [9.17, 15) is 9.59 Å². The van der Waals surface area contributed by atoms with Gasteiger partial charge in [-0.3, -0.25) is 14.6 Å². The van der Waals surface area contributed by atoms with E-state index in [1.807, 2.05) is 36.1 Å². The van der Waals surface area contributed by atoms with Crippen molar-refractivity contribution in [3.8, 4) is 5.75 Å². The number of halogens is 1. The molecular weight excluding hydrogens is 485 g/mol. The predicted molar refractivity (Wildman–Crippen MR) is 124 cm³/mol. The molecule has 160 valence electrons. The minimum Gasteiger partial charge on any atom is -0.482 e. The number of guanidine groups is 1. The van der Waals surface area contributed by atoms with Gasteiger partial charge in [0, 0.05) is 45.7 Å². The molecule has 2 N–H and O–H groups in total. The van der Waals surface area contributed by atoms with Gasteiger partial charge < -0.3 is 25.2 Å². The van der Waals surface area contributed by atoms with E-state index in [4.69, 9.17) is 4.74 Å². The lowest BCUT2D eigenvalue weighted by Gasteiger charge is -2.29. The number of nitrogens with one attached hydrogen (secondary N) is 2. The third kappa shape index (κ3) is 5.97. The van der Waals surface area contributed by atoms with Crippen LogP contribution in [0, 0.1) is 0 Å². The highest BCUT2D eigenvalue weighted by Crippen LogP contribution is 2.31. The van der Waals surface area contributed by atoms with Crippen LogP contribution < -0.4 is 20.3 Å². The molecule has 1 fully saturated rings. The zero-order chi connectivity index (χ0) is 19.9. The van der Waals surface area contributed by atoms with Crippen molar-refractivity contribution >= 4 is 47.4 Å². The number of para-hydroxylation sites is 2. The maximum atomic E-state index is 12.2. The Morgan fingerprint density at radius 2 is 2.14 bits per heavy atom. The predicted octanol–water partition coefficient (Wildman–Crippen LogP) is 1.60. The summed E-state index contributed by atoms with van der Waals surface area (Å²) >= 11 is 0. The Hall–Kier alpha value is -2.04.